The zero-order chi connectivity index (χ0) is 15.4. The van der Waals surface area contributed by atoms with Crippen molar-refractivity contribution in [3.63, 3.8) is 0 Å². The minimum atomic E-state index is 0.554. The van der Waals surface area contributed by atoms with Crippen molar-refractivity contribution < 1.29 is 4.74 Å². The summed E-state index contributed by atoms with van der Waals surface area (Å²) in [4.78, 5) is 2.59. The molecule has 1 fully saturated rings. The molecule has 0 spiro atoms. The van der Waals surface area contributed by atoms with E-state index in [0.717, 1.165) is 13.1 Å². The number of hydrogen-bond acceptors (Lipinski definition) is 3. The second-order valence-corrected chi connectivity index (χ2v) is 6.83. The molecule has 3 nitrogen and oxygen atoms in total. The van der Waals surface area contributed by atoms with E-state index in [1.54, 1.807) is 7.11 Å². The number of nitrogens with zero attached hydrogens (tertiary/aromatic N) is 1. The van der Waals surface area contributed by atoms with Gasteiger partial charge >= 0.3 is 0 Å². The van der Waals surface area contributed by atoms with Crippen molar-refractivity contribution in [3.05, 3.63) is 29.8 Å². The third kappa shape index (κ3) is 3.98. The fourth-order valence-electron chi connectivity index (χ4n) is 3.12. The predicted molar refractivity (Wildman–Crippen MR) is 89.8 cm³/mol. The summed E-state index contributed by atoms with van der Waals surface area (Å²) in [6.45, 7) is 12.0. The van der Waals surface area contributed by atoms with Crippen LogP contribution in [0.15, 0.2) is 24.3 Å². The molecular formula is C18H30N2O. The Kier molecular flexibility index (Phi) is 5.65. The van der Waals surface area contributed by atoms with E-state index >= 15 is 0 Å². The number of ether oxygens (including phenoxy) is 1. The molecule has 0 saturated carbocycles. The third-order valence-electron chi connectivity index (χ3n) is 4.51. The summed E-state index contributed by atoms with van der Waals surface area (Å²) in [6, 6.07) is 9.91. The second-order valence-electron chi connectivity index (χ2n) is 6.83. The monoisotopic (exact) mass is 290 g/mol. The average molecular weight is 290 g/mol. The molecule has 2 atom stereocenters. The topological polar surface area (TPSA) is 24.5 Å². The van der Waals surface area contributed by atoms with E-state index in [4.69, 9.17) is 4.74 Å². The molecule has 1 aromatic rings. The van der Waals surface area contributed by atoms with E-state index < -0.39 is 0 Å². The first kappa shape index (κ1) is 16.3. The molecule has 0 radical (unpaired) electrons. The fraction of sp³-hybridized carbons (Fsp3) is 0.667. The van der Waals surface area contributed by atoms with Gasteiger partial charge in [-0.05, 0) is 29.5 Å². The summed E-state index contributed by atoms with van der Waals surface area (Å²) in [5, 5.41) is 3.72. The van der Waals surface area contributed by atoms with Gasteiger partial charge in [-0.2, -0.15) is 0 Å². The lowest BCUT2D eigenvalue weighted by atomic mass is 9.93. The Hall–Kier alpha value is -1.06. The first-order chi connectivity index (χ1) is 10.0. The normalized spacial score (nSPS) is 23.1. The molecule has 1 N–H and O–H groups in total. The maximum absolute atomic E-state index is 5.27. The lowest BCUT2D eigenvalue weighted by Gasteiger charge is -2.45. The maximum atomic E-state index is 5.27. The Morgan fingerprint density at radius 3 is 2.62 bits per heavy atom. The molecule has 2 unspecified atom stereocenters. The first-order valence-electron chi connectivity index (χ1n) is 8.10. The Bertz CT molecular complexity index is 445. The Balaban J connectivity index is 2.24. The molecule has 0 aliphatic carbocycles. The summed E-state index contributed by atoms with van der Waals surface area (Å²) in [6.07, 6.45) is 0. The highest BCUT2D eigenvalue weighted by molar-refractivity contribution is 5.50. The number of piperazine rings is 1. The van der Waals surface area contributed by atoms with Crippen LogP contribution in [-0.2, 0) is 11.3 Å². The molecule has 1 aromatic carbocycles. The summed E-state index contributed by atoms with van der Waals surface area (Å²) < 4.78 is 5.27. The van der Waals surface area contributed by atoms with Crippen LogP contribution in [0.1, 0.15) is 33.3 Å². The lowest BCUT2D eigenvalue weighted by Crippen LogP contribution is -2.60. The molecule has 1 aliphatic heterocycles. The lowest BCUT2D eigenvalue weighted by molar-refractivity contribution is 0.185. The molecule has 21 heavy (non-hydrogen) atoms. The van der Waals surface area contributed by atoms with Crippen molar-refractivity contribution >= 4 is 5.69 Å². The van der Waals surface area contributed by atoms with Crippen molar-refractivity contribution in [1.29, 1.82) is 0 Å². The second kappa shape index (κ2) is 7.28. The molecule has 1 heterocycles. The van der Waals surface area contributed by atoms with Gasteiger partial charge in [0.05, 0.1) is 6.61 Å². The van der Waals surface area contributed by atoms with Crippen molar-refractivity contribution in [2.45, 2.75) is 46.4 Å². The number of nitrogens with one attached hydrogen (secondary N) is 1. The zero-order valence-electron chi connectivity index (χ0n) is 14.1. The molecule has 1 saturated heterocycles. The van der Waals surface area contributed by atoms with E-state index in [-0.39, 0.29) is 0 Å². The Labute approximate surface area is 129 Å². The molecule has 118 valence electrons. The predicted octanol–water partition coefficient (Wildman–Crippen LogP) is 3.29. The number of hydrogen-bond donors (Lipinski definition) is 1. The summed E-state index contributed by atoms with van der Waals surface area (Å²) in [5.74, 6) is 1.29. The highest BCUT2D eigenvalue weighted by atomic mass is 16.5. The van der Waals surface area contributed by atoms with Gasteiger partial charge < -0.3 is 15.0 Å². The van der Waals surface area contributed by atoms with Gasteiger partial charge in [0.1, 0.15) is 0 Å². The van der Waals surface area contributed by atoms with E-state index in [1.165, 1.54) is 11.3 Å². The molecule has 3 heteroatoms. The van der Waals surface area contributed by atoms with E-state index in [9.17, 15) is 0 Å². The molecule has 0 aromatic heterocycles. The van der Waals surface area contributed by atoms with Crippen LogP contribution in [0.25, 0.3) is 0 Å². The first-order valence-corrected chi connectivity index (χ1v) is 8.10. The standard InChI is InChI=1S/C18H30N2O/c1-13(2)17-11-20(18(10-19-17)14(3)4)16-8-6-7-15(9-16)12-21-5/h6-9,13-14,17-19H,10-12H2,1-5H3. The van der Waals surface area contributed by atoms with Crippen molar-refractivity contribution in [1.82, 2.24) is 5.32 Å². The van der Waals surface area contributed by atoms with Gasteiger partial charge in [-0.1, -0.05) is 39.8 Å². The third-order valence-corrected chi connectivity index (χ3v) is 4.51. The highest BCUT2D eigenvalue weighted by Crippen LogP contribution is 2.26. The number of benzene rings is 1. The smallest absolute Gasteiger partial charge is 0.0713 e. The average Bonchev–Trinajstić information content (AvgIpc) is 2.47. The van der Waals surface area contributed by atoms with Gasteiger partial charge in [0.2, 0.25) is 0 Å². The number of rotatable bonds is 5. The minimum Gasteiger partial charge on any atom is -0.380 e. The Morgan fingerprint density at radius 1 is 1.24 bits per heavy atom. The maximum Gasteiger partial charge on any atom is 0.0713 e. The number of anilines is 1. The largest absolute Gasteiger partial charge is 0.380 e. The van der Waals surface area contributed by atoms with Crippen LogP contribution in [0.4, 0.5) is 5.69 Å². The number of methoxy groups -OCH3 is 1. The molecule has 0 amide bonds. The van der Waals surface area contributed by atoms with Gasteiger partial charge in [-0.15, -0.1) is 0 Å². The molecule has 0 bridgehead atoms. The van der Waals surface area contributed by atoms with Gasteiger partial charge in [0.25, 0.3) is 0 Å². The van der Waals surface area contributed by atoms with Gasteiger partial charge in [-0.3, -0.25) is 0 Å². The van der Waals surface area contributed by atoms with Crippen LogP contribution in [-0.4, -0.2) is 32.3 Å². The minimum absolute atomic E-state index is 0.554. The van der Waals surface area contributed by atoms with Crippen LogP contribution in [0.2, 0.25) is 0 Å². The highest BCUT2D eigenvalue weighted by Gasteiger charge is 2.31. The van der Waals surface area contributed by atoms with Gasteiger partial charge in [-0.25, -0.2) is 0 Å². The SMILES string of the molecule is COCc1cccc(N2CC(C(C)C)NCC2C(C)C)c1. The van der Waals surface area contributed by atoms with Crippen LogP contribution < -0.4 is 10.2 Å². The fourth-order valence-corrected chi connectivity index (χ4v) is 3.12. The van der Waals surface area contributed by atoms with E-state index in [1.807, 2.05) is 0 Å². The van der Waals surface area contributed by atoms with E-state index in [2.05, 4.69) is 62.2 Å². The zero-order valence-corrected chi connectivity index (χ0v) is 14.1. The van der Waals surface area contributed by atoms with Crippen molar-refractivity contribution in [3.8, 4) is 0 Å². The van der Waals surface area contributed by atoms with Gasteiger partial charge in [0.15, 0.2) is 0 Å². The van der Waals surface area contributed by atoms with Crippen LogP contribution in [0, 0.1) is 11.8 Å². The summed E-state index contributed by atoms with van der Waals surface area (Å²) in [5.41, 5.74) is 2.58. The van der Waals surface area contributed by atoms with E-state index in [0.29, 0.717) is 30.5 Å². The van der Waals surface area contributed by atoms with Crippen LogP contribution in [0.3, 0.4) is 0 Å². The molecular weight excluding hydrogens is 260 g/mol. The summed E-state index contributed by atoms with van der Waals surface area (Å²) in [7, 11) is 1.75. The quantitative estimate of drug-likeness (QED) is 0.900. The van der Waals surface area contributed by atoms with Crippen molar-refractivity contribution in [2.75, 3.05) is 25.1 Å². The summed E-state index contributed by atoms with van der Waals surface area (Å²) >= 11 is 0. The van der Waals surface area contributed by atoms with Crippen LogP contribution >= 0.6 is 0 Å². The van der Waals surface area contributed by atoms with Crippen LogP contribution in [0.5, 0.6) is 0 Å². The van der Waals surface area contributed by atoms with Gasteiger partial charge in [0, 0.05) is 38.0 Å². The molecule has 1 aliphatic rings. The molecule has 2 rings (SSSR count). The van der Waals surface area contributed by atoms with Crippen molar-refractivity contribution in [2.24, 2.45) is 11.8 Å². The Morgan fingerprint density at radius 2 is 2.00 bits per heavy atom.